The molecule has 0 heterocycles. The highest BCUT2D eigenvalue weighted by Gasteiger charge is 2.66. The molecule has 32 heavy (non-hydrogen) atoms. The molecular formula is C31H52S. The van der Waals surface area contributed by atoms with Crippen molar-refractivity contribution >= 4 is 17.1 Å². The Morgan fingerprint density at radius 3 is 2.28 bits per heavy atom. The van der Waals surface area contributed by atoms with Gasteiger partial charge in [0.1, 0.15) is 0 Å². The van der Waals surface area contributed by atoms with Crippen LogP contribution in [0.5, 0.6) is 0 Å². The molecule has 0 nitrogen and oxygen atoms in total. The van der Waals surface area contributed by atoms with Crippen molar-refractivity contribution in [2.24, 2.45) is 51.8 Å². The minimum atomic E-state index is 0.303. The molecule has 4 aliphatic carbocycles. The van der Waals surface area contributed by atoms with Gasteiger partial charge in [0.2, 0.25) is 0 Å². The van der Waals surface area contributed by atoms with E-state index in [-0.39, 0.29) is 0 Å². The van der Waals surface area contributed by atoms with Gasteiger partial charge in [0.25, 0.3) is 0 Å². The van der Waals surface area contributed by atoms with Gasteiger partial charge >= 0.3 is 0 Å². The van der Waals surface area contributed by atoms with Gasteiger partial charge in [-0.05, 0) is 123 Å². The van der Waals surface area contributed by atoms with E-state index in [2.05, 4.69) is 54.7 Å². The van der Waals surface area contributed by atoms with Crippen molar-refractivity contribution in [1.82, 2.24) is 0 Å². The third-order valence-electron chi connectivity index (χ3n) is 11.3. The van der Waals surface area contributed by atoms with Gasteiger partial charge < -0.3 is 0 Å². The Morgan fingerprint density at radius 1 is 1.09 bits per heavy atom. The zero-order valence-corrected chi connectivity index (χ0v) is 23.3. The van der Waals surface area contributed by atoms with E-state index in [9.17, 15) is 0 Å². The topological polar surface area (TPSA) is 0 Å². The van der Waals surface area contributed by atoms with Crippen LogP contribution in [0.25, 0.3) is 0 Å². The third-order valence-corrected chi connectivity index (χ3v) is 11.9. The van der Waals surface area contributed by atoms with E-state index in [0.29, 0.717) is 16.2 Å². The zero-order chi connectivity index (χ0) is 23.9. The SMILES string of the molecule is C=C(C)CC1CCC2(C)C(CC(=S)C3(C)C2CCC2(C)C(C(C)CC)CCC23)C1.C=CC. The molecule has 0 saturated heterocycles. The van der Waals surface area contributed by atoms with Crippen molar-refractivity contribution in [3.05, 3.63) is 24.8 Å². The number of hydrogen-bond donors (Lipinski definition) is 0. The number of thiocarbonyl (C=S) groups is 1. The van der Waals surface area contributed by atoms with Crippen molar-refractivity contribution in [3.8, 4) is 0 Å². The van der Waals surface area contributed by atoms with E-state index in [1.807, 2.05) is 6.92 Å². The van der Waals surface area contributed by atoms with Crippen LogP contribution in [-0.2, 0) is 0 Å². The minimum Gasteiger partial charge on any atom is -0.103 e. The fourth-order valence-corrected chi connectivity index (χ4v) is 10.1. The van der Waals surface area contributed by atoms with Crippen LogP contribution in [0.15, 0.2) is 24.8 Å². The molecule has 0 aromatic carbocycles. The largest absolute Gasteiger partial charge is 0.103 e. The monoisotopic (exact) mass is 456 g/mol. The molecule has 9 unspecified atom stereocenters. The Hall–Kier alpha value is -0.430. The summed E-state index contributed by atoms with van der Waals surface area (Å²) in [4.78, 5) is 1.47. The van der Waals surface area contributed by atoms with E-state index >= 15 is 0 Å². The van der Waals surface area contributed by atoms with E-state index in [0.717, 1.165) is 35.5 Å². The molecule has 182 valence electrons. The predicted octanol–water partition coefficient (Wildman–Crippen LogP) is 9.84. The van der Waals surface area contributed by atoms with Crippen LogP contribution < -0.4 is 0 Å². The fourth-order valence-electron chi connectivity index (χ4n) is 9.63. The minimum absolute atomic E-state index is 0.303. The summed E-state index contributed by atoms with van der Waals surface area (Å²) in [5.41, 5.74) is 2.71. The smallest absolute Gasteiger partial charge is 0.00554 e. The molecule has 0 bridgehead atoms. The lowest BCUT2D eigenvalue weighted by Crippen LogP contribution is -2.62. The maximum atomic E-state index is 6.35. The van der Waals surface area contributed by atoms with Crippen molar-refractivity contribution in [3.63, 3.8) is 0 Å². The summed E-state index contributed by atoms with van der Waals surface area (Å²) in [5, 5.41) is 0. The first kappa shape index (κ1) is 26.2. The molecule has 4 aliphatic rings. The van der Waals surface area contributed by atoms with E-state index in [4.69, 9.17) is 12.2 Å². The van der Waals surface area contributed by atoms with Gasteiger partial charge in [-0.2, -0.15) is 0 Å². The van der Waals surface area contributed by atoms with Gasteiger partial charge in [-0.25, -0.2) is 0 Å². The second kappa shape index (κ2) is 9.67. The summed E-state index contributed by atoms with van der Waals surface area (Å²) in [7, 11) is 0. The van der Waals surface area contributed by atoms with Gasteiger partial charge in [-0.1, -0.05) is 64.9 Å². The maximum Gasteiger partial charge on any atom is 0.00554 e. The van der Waals surface area contributed by atoms with Gasteiger partial charge in [0, 0.05) is 5.41 Å². The molecule has 0 spiro atoms. The molecule has 1 heteroatoms. The highest BCUT2D eigenvalue weighted by molar-refractivity contribution is 7.80. The quantitative estimate of drug-likeness (QED) is 0.299. The Bertz CT molecular complexity index is 720. The van der Waals surface area contributed by atoms with Crippen LogP contribution in [0.1, 0.15) is 113 Å². The summed E-state index contributed by atoms with van der Waals surface area (Å²) in [6.07, 6.45) is 15.5. The van der Waals surface area contributed by atoms with Gasteiger partial charge in [-0.3, -0.25) is 0 Å². The first-order chi connectivity index (χ1) is 15.0. The highest BCUT2D eigenvalue weighted by Crippen LogP contribution is 2.72. The molecule has 4 rings (SSSR count). The lowest BCUT2D eigenvalue weighted by atomic mass is 9.38. The van der Waals surface area contributed by atoms with Crippen molar-refractivity contribution in [1.29, 1.82) is 0 Å². The number of allylic oxidation sites excluding steroid dienone is 2. The lowest BCUT2D eigenvalue weighted by molar-refractivity contribution is -0.119. The van der Waals surface area contributed by atoms with Gasteiger partial charge in [0.05, 0.1) is 0 Å². The average Bonchev–Trinajstić information content (AvgIpc) is 3.08. The van der Waals surface area contributed by atoms with E-state index < -0.39 is 0 Å². The van der Waals surface area contributed by atoms with Crippen LogP contribution >= 0.6 is 12.2 Å². The highest BCUT2D eigenvalue weighted by atomic mass is 32.1. The molecule has 0 radical (unpaired) electrons. The lowest BCUT2D eigenvalue weighted by Gasteiger charge is -2.66. The summed E-state index contributed by atoms with van der Waals surface area (Å²) < 4.78 is 0. The number of fused-ring (bicyclic) bond motifs is 5. The third kappa shape index (κ3) is 4.12. The van der Waals surface area contributed by atoms with Crippen LogP contribution in [0, 0.1) is 51.8 Å². The molecule has 0 amide bonds. The first-order valence-corrected chi connectivity index (χ1v) is 14.1. The first-order valence-electron chi connectivity index (χ1n) is 13.7. The van der Waals surface area contributed by atoms with Crippen LogP contribution in [0.4, 0.5) is 0 Å². The average molecular weight is 457 g/mol. The maximum absolute atomic E-state index is 6.35. The fraction of sp³-hybridized carbons (Fsp3) is 0.839. The molecule has 0 N–H and O–H groups in total. The number of hydrogen-bond acceptors (Lipinski definition) is 1. The van der Waals surface area contributed by atoms with Crippen LogP contribution in [0.2, 0.25) is 0 Å². The zero-order valence-electron chi connectivity index (χ0n) is 22.4. The van der Waals surface area contributed by atoms with Crippen molar-refractivity contribution in [2.75, 3.05) is 0 Å². The Kier molecular flexibility index (Phi) is 7.91. The molecule has 0 aromatic rings. The Labute approximate surface area is 206 Å². The molecule has 0 aromatic heterocycles. The predicted molar refractivity (Wildman–Crippen MR) is 146 cm³/mol. The van der Waals surface area contributed by atoms with E-state index in [1.54, 1.807) is 6.08 Å². The van der Waals surface area contributed by atoms with Crippen LogP contribution in [-0.4, -0.2) is 4.86 Å². The molecule has 4 saturated carbocycles. The second-order valence-electron chi connectivity index (χ2n) is 13.0. The molecule has 0 aliphatic heterocycles. The summed E-state index contributed by atoms with van der Waals surface area (Å²) >= 11 is 6.35. The van der Waals surface area contributed by atoms with Gasteiger partial charge in [0.15, 0.2) is 0 Å². The summed E-state index contributed by atoms with van der Waals surface area (Å²) in [5.74, 6) is 5.10. The van der Waals surface area contributed by atoms with E-state index in [1.165, 1.54) is 74.6 Å². The summed E-state index contributed by atoms with van der Waals surface area (Å²) in [6, 6.07) is 0. The molecular weight excluding hydrogens is 404 g/mol. The van der Waals surface area contributed by atoms with Crippen molar-refractivity contribution < 1.29 is 0 Å². The second-order valence-corrected chi connectivity index (χ2v) is 13.5. The molecule has 9 atom stereocenters. The summed E-state index contributed by atoms with van der Waals surface area (Å²) in [6.45, 7) is 24.6. The normalized spacial score (nSPS) is 46.1. The van der Waals surface area contributed by atoms with Gasteiger partial charge in [-0.15, -0.1) is 13.2 Å². The molecule has 4 fully saturated rings. The van der Waals surface area contributed by atoms with Crippen LogP contribution in [0.3, 0.4) is 0 Å². The standard InChI is InChI=1S/C28H46S.C3H6/c1-8-19(4)22-9-10-23-27(22,6)14-12-24-26(5)13-11-20(15-18(2)3)16-21(26)17-25(29)28(23,24)7;1-3-2/h19-24H,2,8-17H2,1,3-7H3;3H,1H2,2H3. The Balaban J connectivity index is 0.000000913. The number of rotatable bonds is 4. The van der Waals surface area contributed by atoms with Crippen molar-refractivity contribution in [2.45, 2.75) is 113 Å². The Morgan fingerprint density at radius 2 is 1.69 bits per heavy atom.